The highest BCUT2D eigenvalue weighted by Crippen LogP contribution is 2.44. The summed E-state index contributed by atoms with van der Waals surface area (Å²) in [4.78, 5) is 17.4. The quantitative estimate of drug-likeness (QED) is 0.757. The largest absolute Gasteiger partial charge is 0.354 e. The number of urea groups is 1. The van der Waals surface area contributed by atoms with Crippen molar-refractivity contribution in [2.45, 2.75) is 62.9 Å². The first kappa shape index (κ1) is 20.8. The fourth-order valence-electron chi connectivity index (χ4n) is 4.08. The number of hydrogen-bond donors (Lipinski definition) is 2. The number of carbonyl (C=O) groups is 1. The number of aromatic nitrogens is 3. The molecule has 0 radical (unpaired) electrons. The van der Waals surface area contributed by atoms with E-state index < -0.39 is 33.3 Å². The van der Waals surface area contributed by atoms with Crippen LogP contribution in [0.2, 0.25) is 0 Å². The van der Waals surface area contributed by atoms with E-state index in [0.717, 1.165) is 48.2 Å². The number of alkyl halides is 2. The van der Waals surface area contributed by atoms with E-state index in [1.165, 1.54) is 0 Å². The molecular weight excluding hydrogens is 421 g/mol. The van der Waals surface area contributed by atoms with Gasteiger partial charge in [-0.25, -0.2) is 23.2 Å². The van der Waals surface area contributed by atoms with E-state index in [9.17, 15) is 22.2 Å². The summed E-state index contributed by atoms with van der Waals surface area (Å²) in [6.07, 6.45) is 4.35. The lowest BCUT2D eigenvalue weighted by atomic mass is 9.90. The van der Waals surface area contributed by atoms with E-state index in [1.807, 2.05) is 0 Å². The number of nitrogens with zero attached hydrogens (tertiary/aromatic N) is 4. The number of anilines is 1. The predicted molar refractivity (Wildman–Crippen MR) is 103 cm³/mol. The van der Waals surface area contributed by atoms with Crippen LogP contribution in [0.1, 0.15) is 55.8 Å². The van der Waals surface area contributed by atoms with Gasteiger partial charge in [0.15, 0.2) is 15.7 Å². The van der Waals surface area contributed by atoms with Gasteiger partial charge in [0.05, 0.1) is 17.6 Å². The summed E-state index contributed by atoms with van der Waals surface area (Å²) >= 11 is 0. The van der Waals surface area contributed by atoms with Crippen molar-refractivity contribution < 1.29 is 22.2 Å². The van der Waals surface area contributed by atoms with Crippen molar-refractivity contribution in [1.29, 1.82) is 0 Å². The zero-order valence-corrected chi connectivity index (χ0v) is 17.2. The van der Waals surface area contributed by atoms with E-state index in [1.54, 1.807) is 0 Å². The topological polar surface area (TPSA) is 115 Å². The summed E-state index contributed by atoms with van der Waals surface area (Å²) in [6, 6.07) is -1.05. The molecule has 3 N–H and O–H groups in total. The van der Waals surface area contributed by atoms with Gasteiger partial charge in [0.2, 0.25) is 5.03 Å². The third-order valence-corrected chi connectivity index (χ3v) is 6.82. The van der Waals surface area contributed by atoms with E-state index in [0.29, 0.717) is 18.3 Å². The summed E-state index contributed by atoms with van der Waals surface area (Å²) in [5.74, 6) is -1.33. The van der Waals surface area contributed by atoms with Crippen LogP contribution >= 0.6 is 0 Å². The number of rotatable bonds is 3. The van der Waals surface area contributed by atoms with Gasteiger partial charge in [-0.2, -0.15) is 13.9 Å². The molecule has 0 bridgehead atoms. The molecule has 0 spiro atoms. The van der Waals surface area contributed by atoms with Crippen LogP contribution in [-0.2, 0) is 34.6 Å². The molecular formula is C18H21F3N6O2S. The summed E-state index contributed by atoms with van der Waals surface area (Å²) in [6.45, 7) is 1.01. The highest BCUT2D eigenvalue weighted by molar-refractivity contribution is 7.91. The van der Waals surface area contributed by atoms with Crippen molar-refractivity contribution in [2.75, 3.05) is 5.32 Å². The number of amides is 2. The number of aryl methyl sites for hydroxylation is 1. The maximum absolute atomic E-state index is 13.9. The molecule has 2 aromatic rings. The normalized spacial score (nSPS) is 18.8. The molecule has 2 aliphatic carbocycles. The van der Waals surface area contributed by atoms with Crippen molar-refractivity contribution in [3.05, 3.63) is 34.5 Å². The Bertz CT molecular complexity index is 1170. The van der Waals surface area contributed by atoms with Crippen LogP contribution in [0.15, 0.2) is 15.6 Å². The Morgan fingerprint density at radius 2 is 2.07 bits per heavy atom. The van der Waals surface area contributed by atoms with Gasteiger partial charge >= 0.3 is 12.6 Å². The number of pyridine rings is 1. The first-order valence-corrected chi connectivity index (χ1v) is 11.0. The van der Waals surface area contributed by atoms with Crippen molar-refractivity contribution in [3.63, 3.8) is 0 Å². The number of halogens is 3. The van der Waals surface area contributed by atoms with Gasteiger partial charge in [-0.1, -0.05) is 13.8 Å². The molecule has 4 rings (SSSR count). The summed E-state index contributed by atoms with van der Waals surface area (Å²) in [5.41, 5.74) is 4.08. The molecule has 0 saturated carbocycles. The second-order valence-corrected chi connectivity index (χ2v) is 9.81. The Morgan fingerprint density at radius 1 is 1.33 bits per heavy atom. The summed E-state index contributed by atoms with van der Waals surface area (Å²) in [7, 11) is -4.17. The molecule has 1 unspecified atom stereocenters. The van der Waals surface area contributed by atoms with Gasteiger partial charge in [-0.15, -0.1) is 4.36 Å². The summed E-state index contributed by atoms with van der Waals surface area (Å²) in [5, 5.41) is 10.3. The van der Waals surface area contributed by atoms with Gasteiger partial charge < -0.3 is 5.32 Å². The Balaban J connectivity index is 1.71. The lowest BCUT2D eigenvalue weighted by Gasteiger charge is -2.20. The second-order valence-electron chi connectivity index (χ2n) is 8.11. The molecule has 2 aromatic heterocycles. The lowest BCUT2D eigenvalue weighted by Crippen LogP contribution is -2.21. The van der Waals surface area contributed by atoms with Crippen LogP contribution in [-0.4, -0.2) is 25.0 Å². The SMILES string of the molecule is CC1(C)CCc2c1nc1c(c2NC(=O)N=S(N)(=O)c2nn(C(F)F)cc2F)CCC1. The molecule has 0 aliphatic heterocycles. The van der Waals surface area contributed by atoms with Crippen LogP contribution in [0, 0.1) is 5.82 Å². The minimum atomic E-state index is -4.17. The summed E-state index contributed by atoms with van der Waals surface area (Å²) < 4.78 is 55.2. The minimum absolute atomic E-state index is 0.0324. The van der Waals surface area contributed by atoms with Crippen molar-refractivity contribution in [1.82, 2.24) is 14.8 Å². The van der Waals surface area contributed by atoms with Crippen molar-refractivity contribution in [2.24, 2.45) is 9.50 Å². The van der Waals surface area contributed by atoms with Crippen LogP contribution in [0.25, 0.3) is 0 Å². The Kier molecular flexibility index (Phi) is 4.88. The van der Waals surface area contributed by atoms with Gasteiger partial charge in [-0.3, -0.25) is 4.98 Å². The highest BCUT2D eigenvalue weighted by atomic mass is 32.2. The Labute approximate surface area is 171 Å². The first-order valence-electron chi connectivity index (χ1n) is 9.43. The monoisotopic (exact) mass is 442 g/mol. The molecule has 12 heteroatoms. The van der Waals surface area contributed by atoms with Gasteiger partial charge in [0, 0.05) is 11.1 Å². The minimum Gasteiger partial charge on any atom is -0.305 e. The molecule has 0 aromatic carbocycles. The molecule has 2 amide bonds. The van der Waals surface area contributed by atoms with E-state index in [-0.39, 0.29) is 10.1 Å². The van der Waals surface area contributed by atoms with E-state index >= 15 is 0 Å². The number of carbonyl (C=O) groups excluding carboxylic acids is 1. The third-order valence-electron chi connectivity index (χ3n) is 5.55. The first-order chi connectivity index (χ1) is 14.0. The molecule has 8 nitrogen and oxygen atoms in total. The third kappa shape index (κ3) is 3.47. The van der Waals surface area contributed by atoms with Crippen LogP contribution in [0.5, 0.6) is 0 Å². The van der Waals surface area contributed by atoms with Crippen LogP contribution in [0.4, 0.5) is 23.7 Å². The fourth-order valence-corrected chi connectivity index (χ4v) is 5.00. The molecule has 0 saturated heterocycles. The van der Waals surface area contributed by atoms with Crippen LogP contribution in [0.3, 0.4) is 0 Å². The van der Waals surface area contributed by atoms with E-state index in [4.69, 9.17) is 10.1 Å². The van der Waals surface area contributed by atoms with Crippen molar-refractivity contribution in [3.8, 4) is 0 Å². The lowest BCUT2D eigenvalue weighted by molar-refractivity contribution is 0.0552. The number of nitrogens with two attached hydrogens (primary N) is 1. The van der Waals surface area contributed by atoms with Crippen LogP contribution < -0.4 is 10.5 Å². The number of hydrogen-bond acceptors (Lipinski definition) is 4. The zero-order chi connectivity index (χ0) is 21.8. The van der Waals surface area contributed by atoms with Gasteiger partial charge in [0.1, 0.15) is 0 Å². The predicted octanol–water partition coefficient (Wildman–Crippen LogP) is 3.46. The maximum Gasteiger partial charge on any atom is 0.354 e. The fraction of sp³-hybridized carbons (Fsp3) is 0.500. The molecule has 162 valence electrons. The molecule has 0 fully saturated rings. The number of nitrogens with one attached hydrogen (secondary N) is 1. The molecule has 30 heavy (non-hydrogen) atoms. The molecule has 2 heterocycles. The Morgan fingerprint density at radius 3 is 2.73 bits per heavy atom. The van der Waals surface area contributed by atoms with E-state index in [2.05, 4.69) is 28.6 Å². The highest BCUT2D eigenvalue weighted by Gasteiger charge is 2.36. The molecule has 2 aliphatic rings. The maximum atomic E-state index is 13.9. The zero-order valence-electron chi connectivity index (χ0n) is 16.4. The second kappa shape index (κ2) is 7.05. The number of fused-ring (bicyclic) bond motifs is 2. The Hall–Kier alpha value is -2.47. The average Bonchev–Trinajstić information content (AvgIpc) is 3.32. The average molecular weight is 442 g/mol. The molecule has 1 atom stereocenters. The smallest absolute Gasteiger partial charge is 0.305 e. The van der Waals surface area contributed by atoms with Crippen molar-refractivity contribution >= 4 is 21.6 Å². The van der Waals surface area contributed by atoms with Gasteiger partial charge in [-0.05, 0) is 43.2 Å². The van der Waals surface area contributed by atoms with Gasteiger partial charge in [0.25, 0.3) is 0 Å². The standard InChI is InChI=1S/C18H21F3N6O2S/c1-18(2)7-6-10-13(9-4-3-5-12(9)23-14(10)18)24-17(28)26-30(22,29)15-11(19)8-27(25-15)16(20)21/h8,16H,3-7H2,1-2H3,(H3,22,23,24,26,28,29).